The maximum Gasteiger partial charge on any atom is 0.0776 e. The molecule has 0 aliphatic heterocycles. The zero-order valence-corrected chi connectivity index (χ0v) is 82.3. The fourth-order valence-electron chi connectivity index (χ4n) is 20.1. The fraction of sp³-hybridized carbons (Fsp3) is 0.286. The van der Waals surface area contributed by atoms with E-state index in [0.29, 0.717) is 0 Å². The molecule has 612 valence electrons. The lowest BCUT2D eigenvalue weighted by atomic mass is 9.90. The highest BCUT2D eigenvalue weighted by atomic mass is 28.3. The Morgan fingerprint density at radius 2 is 0.333 bits per heavy atom. The van der Waals surface area contributed by atoms with Gasteiger partial charge in [0.15, 0.2) is 0 Å². The van der Waals surface area contributed by atoms with Crippen molar-refractivity contribution in [3.05, 3.63) is 305 Å². The van der Waals surface area contributed by atoms with Crippen LogP contribution < -0.4 is 40.3 Å². The molecular weight excluding hydrogens is 1510 g/mol. The standard InChI is InChI=1S/C60H76N2Si4.C52H52N2/c1-37-29-47(63(9,10)11)30-38(2)57(37)61(58-39(3)31-48(32-40(58)4)64(12,13)14)53-27-23-45-22-26-52-54(28-24-46-21-25-51(53)55(45)56(46)52)62(59-41(5)33-49(34-42(59)6)65(15,16)17)60-43(7)35-50(36-44(60)8)66(18,19)20;1-29-15-13-16-30(2)49(29)53(51-37(9)33(5)27-34(6)38(51)10)45-25-21-41-20-24-44-46(26-22-42-19-23-43(45)47(41)48(42)44)54(50-31(3)17-14-18-32(50)4)52-39(11)35(7)28-36(8)40(52)12/h21-36H,1-20H3;13-28H,1-12H3. The molecule has 0 aliphatic rings. The molecule has 16 aromatic carbocycles. The van der Waals surface area contributed by atoms with Gasteiger partial charge < -0.3 is 19.6 Å². The fourth-order valence-corrected chi connectivity index (χ4v) is 25.3. The van der Waals surface area contributed by atoms with E-state index in [9.17, 15) is 0 Å². The van der Waals surface area contributed by atoms with Crippen molar-refractivity contribution in [2.24, 2.45) is 0 Å². The van der Waals surface area contributed by atoms with Crippen molar-refractivity contribution in [3.63, 3.8) is 0 Å². The summed E-state index contributed by atoms with van der Waals surface area (Å²) < 4.78 is 0. The summed E-state index contributed by atoms with van der Waals surface area (Å²) in [6.45, 7) is 75.5. The quantitative estimate of drug-likeness (QED) is 0.0706. The van der Waals surface area contributed by atoms with Gasteiger partial charge in [-0.3, -0.25) is 0 Å². The first kappa shape index (κ1) is 84.7. The maximum absolute atomic E-state index is 2.65. The Bertz CT molecular complexity index is 6110. The number of hydrogen-bond donors (Lipinski definition) is 0. The van der Waals surface area contributed by atoms with Crippen LogP contribution in [0.1, 0.15) is 111 Å². The van der Waals surface area contributed by atoms with E-state index in [-0.39, 0.29) is 0 Å². The summed E-state index contributed by atoms with van der Waals surface area (Å²) in [5.74, 6) is 0. The van der Waals surface area contributed by atoms with Crippen molar-refractivity contribution in [1.82, 2.24) is 0 Å². The van der Waals surface area contributed by atoms with Crippen molar-refractivity contribution in [1.29, 1.82) is 0 Å². The smallest absolute Gasteiger partial charge is 0.0776 e. The van der Waals surface area contributed by atoms with Gasteiger partial charge in [-0.15, -0.1) is 0 Å². The number of nitrogens with zero attached hydrogens (tertiary/aromatic N) is 4. The van der Waals surface area contributed by atoms with Gasteiger partial charge in [-0.1, -0.05) is 269 Å². The average molecular weight is 1640 g/mol. The molecule has 0 heterocycles. The topological polar surface area (TPSA) is 13.0 Å². The second kappa shape index (κ2) is 31.0. The molecule has 16 aromatic rings. The van der Waals surface area contributed by atoms with E-state index in [0.717, 1.165) is 0 Å². The third-order valence-electron chi connectivity index (χ3n) is 26.9. The Hall–Kier alpha value is -10.3. The lowest BCUT2D eigenvalue weighted by Gasteiger charge is -2.35. The molecule has 0 amide bonds. The molecule has 4 nitrogen and oxygen atoms in total. The van der Waals surface area contributed by atoms with Gasteiger partial charge in [0.1, 0.15) is 0 Å². The van der Waals surface area contributed by atoms with Crippen LogP contribution in [0.5, 0.6) is 0 Å². The molecule has 0 aromatic heterocycles. The van der Waals surface area contributed by atoms with E-state index in [4.69, 9.17) is 0 Å². The first-order chi connectivity index (χ1) is 56.4. The molecule has 0 unspecified atom stereocenters. The van der Waals surface area contributed by atoms with Crippen molar-refractivity contribution < 1.29 is 0 Å². The van der Waals surface area contributed by atoms with E-state index >= 15 is 0 Å². The summed E-state index contributed by atoms with van der Waals surface area (Å²) in [6, 6.07) is 76.1. The van der Waals surface area contributed by atoms with Gasteiger partial charge in [0, 0.05) is 21.5 Å². The van der Waals surface area contributed by atoms with Crippen LogP contribution in [0.2, 0.25) is 78.6 Å². The number of aryl methyl sites for hydroxylation is 16. The minimum Gasteiger partial charge on any atom is -0.309 e. The maximum atomic E-state index is 2.65. The lowest BCUT2D eigenvalue weighted by Crippen LogP contribution is -2.38. The minimum absolute atomic E-state index is 1.21. The summed E-state index contributed by atoms with van der Waals surface area (Å²) in [6.07, 6.45) is 0. The third-order valence-corrected chi connectivity index (χ3v) is 35.0. The second-order valence-corrected chi connectivity index (χ2v) is 60.4. The molecule has 0 radical (unpaired) electrons. The Morgan fingerprint density at radius 3 is 0.517 bits per heavy atom. The number of para-hydroxylation sites is 2. The van der Waals surface area contributed by atoms with Crippen LogP contribution in [0.15, 0.2) is 194 Å². The third kappa shape index (κ3) is 14.6. The molecule has 0 bridgehead atoms. The molecule has 120 heavy (non-hydrogen) atoms. The Labute approximate surface area is 722 Å². The monoisotopic (exact) mass is 1640 g/mol. The average Bonchev–Trinajstić information content (AvgIpc) is 0.715. The molecule has 8 heteroatoms. The van der Waals surface area contributed by atoms with E-state index in [2.05, 4.69) is 431 Å². The molecule has 0 aliphatic carbocycles. The van der Waals surface area contributed by atoms with E-state index in [1.54, 1.807) is 0 Å². The van der Waals surface area contributed by atoms with E-state index in [1.165, 1.54) is 265 Å². The molecule has 16 rings (SSSR count). The SMILES string of the molecule is Cc1cc(C)c(C)c(N(c2c(C)cccc2C)c2ccc3ccc4c(N(c5c(C)cccc5C)c5c(C)c(C)cc(C)c5C)ccc5ccc2c3c54)c1C.Cc1cc([Si](C)(C)C)cc(C)c1N(c1c(C)cc([Si](C)(C)C)cc1C)c1ccc2ccc3c(N(c4c(C)cc([Si](C)(C)C)cc4C)c4c(C)cc([Si](C)(C)C)cc4C)ccc4ccc1c2c43. The molecule has 0 fully saturated rings. The van der Waals surface area contributed by atoms with E-state index in [1.807, 2.05) is 0 Å². The molecule has 0 atom stereocenters. The minimum atomic E-state index is -1.57. The summed E-state index contributed by atoms with van der Waals surface area (Å²) in [5, 5.41) is 21.5. The molecular formula is C112H128N4Si4. The predicted octanol–water partition coefficient (Wildman–Crippen LogP) is 31.4. The zero-order valence-electron chi connectivity index (χ0n) is 78.3. The lowest BCUT2D eigenvalue weighted by molar-refractivity contribution is 1.15. The van der Waals surface area contributed by atoms with Crippen molar-refractivity contribution in [3.8, 4) is 0 Å². The number of rotatable bonds is 16. The largest absolute Gasteiger partial charge is 0.309 e. The van der Waals surface area contributed by atoms with Crippen LogP contribution >= 0.6 is 0 Å². The van der Waals surface area contributed by atoms with Crippen LogP contribution in [0, 0.1) is 138 Å². The van der Waals surface area contributed by atoms with Crippen LogP contribution in [-0.4, -0.2) is 32.3 Å². The highest BCUT2D eigenvalue weighted by Gasteiger charge is 2.34. The first-order valence-electron chi connectivity index (χ1n) is 43.7. The van der Waals surface area contributed by atoms with Crippen molar-refractivity contribution in [2.75, 3.05) is 19.6 Å². The van der Waals surface area contributed by atoms with Crippen LogP contribution in [-0.2, 0) is 0 Å². The van der Waals surface area contributed by atoms with Crippen LogP contribution in [0.3, 0.4) is 0 Å². The normalized spacial score (nSPS) is 12.3. The van der Waals surface area contributed by atoms with Crippen molar-refractivity contribution >= 4 is 186 Å². The second-order valence-electron chi connectivity index (χ2n) is 40.1. The Morgan fingerprint density at radius 1 is 0.167 bits per heavy atom. The molecule has 0 spiro atoms. The van der Waals surface area contributed by atoms with Crippen molar-refractivity contribution in [2.45, 2.75) is 217 Å². The van der Waals surface area contributed by atoms with Crippen LogP contribution in [0.25, 0.3) is 64.6 Å². The first-order valence-corrected chi connectivity index (χ1v) is 57.7. The van der Waals surface area contributed by atoms with Gasteiger partial charge in [0.25, 0.3) is 0 Å². The summed E-state index contributed by atoms with van der Waals surface area (Å²) in [4.78, 5) is 10.5. The highest BCUT2D eigenvalue weighted by Crippen LogP contribution is 2.55. The van der Waals surface area contributed by atoms with Gasteiger partial charge in [-0.2, -0.15) is 0 Å². The van der Waals surface area contributed by atoms with Gasteiger partial charge in [0.05, 0.1) is 101 Å². The zero-order chi connectivity index (χ0) is 86.6. The number of anilines is 12. The number of hydrogen-bond acceptors (Lipinski definition) is 4. The highest BCUT2D eigenvalue weighted by molar-refractivity contribution is 6.90. The molecule has 0 N–H and O–H groups in total. The molecule has 0 saturated carbocycles. The van der Waals surface area contributed by atoms with Gasteiger partial charge >= 0.3 is 0 Å². The summed E-state index contributed by atoms with van der Waals surface area (Å²) in [5.41, 5.74) is 41.4. The summed E-state index contributed by atoms with van der Waals surface area (Å²) in [7, 11) is -6.27. The predicted molar refractivity (Wildman–Crippen MR) is 546 cm³/mol. The summed E-state index contributed by atoms with van der Waals surface area (Å²) >= 11 is 0. The molecule has 0 saturated heterocycles. The van der Waals surface area contributed by atoms with Gasteiger partial charge in [-0.25, -0.2) is 0 Å². The van der Waals surface area contributed by atoms with Gasteiger partial charge in [0.2, 0.25) is 0 Å². The Kier molecular flexibility index (Phi) is 21.9. The van der Waals surface area contributed by atoms with Gasteiger partial charge in [-0.05, 0) is 317 Å². The number of benzene rings is 16. The van der Waals surface area contributed by atoms with Crippen LogP contribution in [0.4, 0.5) is 68.2 Å². The van der Waals surface area contributed by atoms with E-state index < -0.39 is 32.3 Å². The Balaban J connectivity index is 0.000000191.